The molecule has 2 unspecified atom stereocenters. The Balaban J connectivity index is 1.29. The lowest BCUT2D eigenvalue weighted by atomic mass is 9.99. The van der Waals surface area contributed by atoms with Crippen molar-refractivity contribution in [2.24, 2.45) is 7.05 Å². The van der Waals surface area contributed by atoms with Gasteiger partial charge in [0.1, 0.15) is 16.4 Å². The number of rotatable bonds is 8. The van der Waals surface area contributed by atoms with Crippen molar-refractivity contribution >= 4 is 15.9 Å². The van der Waals surface area contributed by atoms with Gasteiger partial charge in [-0.15, -0.1) is 0 Å². The molecule has 1 aromatic carbocycles. The van der Waals surface area contributed by atoms with Crippen LogP contribution in [0.2, 0.25) is 0 Å². The van der Waals surface area contributed by atoms with E-state index in [0.29, 0.717) is 25.3 Å². The molecule has 1 aromatic heterocycles. The third kappa shape index (κ3) is 5.51. The maximum Gasteiger partial charge on any atom is 0.270 e. The molecule has 0 aliphatic carbocycles. The number of sulfonamides is 1. The summed E-state index contributed by atoms with van der Waals surface area (Å²) in [5.74, 6) is -0.433. The summed E-state index contributed by atoms with van der Waals surface area (Å²) in [6.07, 6.45) is 6.90. The van der Waals surface area contributed by atoms with Crippen molar-refractivity contribution in [2.75, 3.05) is 26.7 Å². The highest BCUT2D eigenvalue weighted by Crippen LogP contribution is 2.25. The number of carbonyl (C=O) groups is 1. The normalized spacial score (nSPS) is 21.6. The van der Waals surface area contributed by atoms with Crippen LogP contribution in [0.15, 0.2) is 41.4 Å². The van der Waals surface area contributed by atoms with Gasteiger partial charge in [0.2, 0.25) is 10.0 Å². The van der Waals surface area contributed by atoms with Gasteiger partial charge in [-0.1, -0.05) is 18.6 Å². The second-order valence-corrected chi connectivity index (χ2v) is 11.3. The first-order valence-electron chi connectivity index (χ1n) is 11.9. The second kappa shape index (κ2) is 10.6. The first-order valence-corrected chi connectivity index (χ1v) is 13.4. The van der Waals surface area contributed by atoms with Gasteiger partial charge in [0.05, 0.1) is 0 Å². The van der Waals surface area contributed by atoms with Gasteiger partial charge in [-0.3, -0.25) is 15.6 Å². The SMILES string of the molecule is CN(CCCC1CC(c2ccc(F)cc2)NN1)C(=O)c1cc(S(=O)(=O)N2CCCCC2)cn1C. The number of hydrogen-bond donors (Lipinski definition) is 2. The first-order chi connectivity index (χ1) is 16.3. The van der Waals surface area contributed by atoms with E-state index in [9.17, 15) is 17.6 Å². The highest BCUT2D eigenvalue weighted by Gasteiger charge is 2.29. The largest absolute Gasteiger partial charge is 0.345 e. The Bertz CT molecular complexity index is 1100. The van der Waals surface area contributed by atoms with Gasteiger partial charge in [0.15, 0.2) is 0 Å². The number of halogens is 1. The third-order valence-corrected chi connectivity index (χ3v) is 8.66. The predicted molar refractivity (Wildman–Crippen MR) is 128 cm³/mol. The van der Waals surface area contributed by atoms with E-state index in [4.69, 9.17) is 0 Å². The van der Waals surface area contributed by atoms with Crippen LogP contribution in [0.4, 0.5) is 4.39 Å². The van der Waals surface area contributed by atoms with Crippen LogP contribution in [0, 0.1) is 5.82 Å². The van der Waals surface area contributed by atoms with Gasteiger partial charge >= 0.3 is 0 Å². The summed E-state index contributed by atoms with van der Waals surface area (Å²) >= 11 is 0. The Hall–Kier alpha value is -2.27. The summed E-state index contributed by atoms with van der Waals surface area (Å²) < 4.78 is 42.2. The van der Waals surface area contributed by atoms with Crippen molar-refractivity contribution in [2.45, 2.75) is 55.5 Å². The van der Waals surface area contributed by atoms with Gasteiger partial charge in [0.25, 0.3) is 5.91 Å². The van der Waals surface area contributed by atoms with Crippen LogP contribution in [-0.2, 0) is 17.1 Å². The van der Waals surface area contributed by atoms with Crippen LogP contribution in [0.5, 0.6) is 0 Å². The van der Waals surface area contributed by atoms with Gasteiger partial charge in [-0.2, -0.15) is 4.31 Å². The topological polar surface area (TPSA) is 86.7 Å². The number of aryl methyl sites for hydroxylation is 1. The number of piperidine rings is 1. The predicted octanol–water partition coefficient (Wildman–Crippen LogP) is 2.80. The molecule has 186 valence electrons. The molecule has 2 fully saturated rings. The Morgan fingerprint density at radius 3 is 2.56 bits per heavy atom. The molecular formula is C24H34FN5O3S. The Morgan fingerprint density at radius 1 is 1.15 bits per heavy atom. The van der Waals surface area contributed by atoms with E-state index in [1.54, 1.807) is 35.7 Å². The molecule has 2 N–H and O–H groups in total. The zero-order chi connectivity index (χ0) is 24.3. The van der Waals surface area contributed by atoms with Crippen molar-refractivity contribution in [1.29, 1.82) is 0 Å². The Morgan fingerprint density at radius 2 is 1.85 bits per heavy atom. The lowest BCUT2D eigenvalue weighted by Gasteiger charge is -2.25. The number of hydrogen-bond acceptors (Lipinski definition) is 5. The van der Waals surface area contributed by atoms with Gasteiger partial charge in [-0.05, 0) is 55.9 Å². The summed E-state index contributed by atoms with van der Waals surface area (Å²) in [4.78, 5) is 14.8. The van der Waals surface area contributed by atoms with Crippen molar-refractivity contribution < 1.29 is 17.6 Å². The third-order valence-electron chi connectivity index (χ3n) is 6.80. The van der Waals surface area contributed by atoms with Crippen LogP contribution >= 0.6 is 0 Å². The maximum atomic E-state index is 13.1. The van der Waals surface area contributed by atoms with E-state index >= 15 is 0 Å². The fourth-order valence-corrected chi connectivity index (χ4v) is 6.33. The molecule has 0 radical (unpaired) electrons. The quantitative estimate of drug-likeness (QED) is 0.593. The number of benzene rings is 1. The number of hydrazine groups is 1. The van der Waals surface area contributed by atoms with Gasteiger partial charge in [-0.25, -0.2) is 12.8 Å². The van der Waals surface area contributed by atoms with Crippen molar-refractivity contribution in [3.05, 3.63) is 53.6 Å². The van der Waals surface area contributed by atoms with E-state index in [1.165, 1.54) is 28.7 Å². The highest BCUT2D eigenvalue weighted by atomic mass is 32.2. The Kier molecular flexibility index (Phi) is 7.71. The van der Waals surface area contributed by atoms with Crippen LogP contribution in [0.25, 0.3) is 0 Å². The first kappa shape index (κ1) is 24.8. The average Bonchev–Trinajstić information content (AvgIpc) is 3.47. The molecule has 8 nitrogen and oxygen atoms in total. The number of carbonyl (C=O) groups excluding carboxylic acids is 1. The maximum absolute atomic E-state index is 13.1. The lowest BCUT2D eigenvalue weighted by Crippen LogP contribution is -2.35. The summed E-state index contributed by atoms with van der Waals surface area (Å²) in [5, 5.41) is 0. The summed E-state index contributed by atoms with van der Waals surface area (Å²) in [7, 11) is -0.122. The zero-order valence-corrected chi connectivity index (χ0v) is 20.7. The molecule has 2 aliphatic rings. The monoisotopic (exact) mass is 491 g/mol. The smallest absolute Gasteiger partial charge is 0.270 e. The van der Waals surface area contributed by atoms with E-state index in [-0.39, 0.29) is 28.7 Å². The zero-order valence-electron chi connectivity index (χ0n) is 19.8. The molecule has 0 saturated carbocycles. The van der Waals surface area contributed by atoms with Crippen molar-refractivity contribution in [3.8, 4) is 0 Å². The standard InChI is InChI=1S/C24H34FN5O3S/c1-28(12-6-7-20-15-22(27-26-20)18-8-10-19(25)11-9-18)24(31)23-16-21(17-29(23)2)34(32,33)30-13-4-3-5-14-30/h8-11,16-17,20,22,26-27H,3-7,12-15H2,1-2H3. The minimum atomic E-state index is -3.58. The van der Waals surface area contributed by atoms with Crippen LogP contribution < -0.4 is 10.9 Å². The van der Waals surface area contributed by atoms with Crippen LogP contribution in [0.3, 0.4) is 0 Å². The molecule has 0 spiro atoms. The summed E-state index contributed by atoms with van der Waals surface area (Å²) in [5.41, 5.74) is 7.97. The van der Waals surface area contributed by atoms with Crippen molar-refractivity contribution in [3.63, 3.8) is 0 Å². The molecule has 34 heavy (non-hydrogen) atoms. The van der Waals surface area contributed by atoms with E-state index in [1.807, 2.05) is 0 Å². The fraction of sp³-hybridized carbons (Fsp3) is 0.542. The molecule has 4 rings (SSSR count). The molecule has 2 aromatic rings. The van der Waals surface area contributed by atoms with Gasteiger partial charge in [0, 0.05) is 52.0 Å². The average molecular weight is 492 g/mol. The molecule has 1 amide bonds. The molecule has 3 heterocycles. The lowest BCUT2D eigenvalue weighted by molar-refractivity contribution is 0.0782. The Labute approximate surface area is 201 Å². The minimum Gasteiger partial charge on any atom is -0.345 e. The van der Waals surface area contributed by atoms with E-state index in [0.717, 1.165) is 44.1 Å². The van der Waals surface area contributed by atoms with Crippen LogP contribution in [-0.4, -0.2) is 60.8 Å². The van der Waals surface area contributed by atoms with Crippen molar-refractivity contribution in [1.82, 2.24) is 24.6 Å². The molecule has 2 atom stereocenters. The van der Waals surface area contributed by atoms with E-state index < -0.39 is 10.0 Å². The molecular weight excluding hydrogens is 457 g/mol. The molecule has 10 heteroatoms. The number of amides is 1. The van der Waals surface area contributed by atoms with Crippen LogP contribution in [0.1, 0.15) is 60.6 Å². The molecule has 0 bridgehead atoms. The summed E-state index contributed by atoms with van der Waals surface area (Å²) in [6.45, 7) is 1.64. The highest BCUT2D eigenvalue weighted by molar-refractivity contribution is 7.89. The molecule has 2 saturated heterocycles. The van der Waals surface area contributed by atoms with Gasteiger partial charge < -0.3 is 9.47 Å². The number of nitrogens with zero attached hydrogens (tertiary/aromatic N) is 3. The van der Waals surface area contributed by atoms with E-state index in [2.05, 4.69) is 10.9 Å². The second-order valence-electron chi connectivity index (χ2n) is 9.33. The minimum absolute atomic E-state index is 0.133. The fourth-order valence-electron chi connectivity index (χ4n) is 4.74. The number of aromatic nitrogens is 1. The molecule has 2 aliphatic heterocycles. The summed E-state index contributed by atoms with van der Waals surface area (Å²) in [6, 6.07) is 8.42. The number of nitrogens with one attached hydrogen (secondary N) is 2.